The maximum absolute atomic E-state index is 5.35. The summed E-state index contributed by atoms with van der Waals surface area (Å²) in [4.78, 5) is 8.54. The summed E-state index contributed by atoms with van der Waals surface area (Å²) in [5.41, 5.74) is 1.76. The molecule has 0 unspecified atom stereocenters. The van der Waals surface area contributed by atoms with Crippen molar-refractivity contribution in [2.45, 2.75) is 6.92 Å². The highest BCUT2D eigenvalue weighted by Gasteiger charge is 2.08. The van der Waals surface area contributed by atoms with Gasteiger partial charge in [0.2, 0.25) is 5.95 Å². The van der Waals surface area contributed by atoms with Crippen LogP contribution in [-0.4, -0.2) is 31.2 Å². The van der Waals surface area contributed by atoms with E-state index in [1.807, 2.05) is 25.1 Å². The number of nitrogens with one attached hydrogen (secondary N) is 2. The molecule has 0 aliphatic carbocycles. The van der Waals surface area contributed by atoms with Gasteiger partial charge in [0.05, 0.1) is 19.9 Å². The minimum absolute atomic E-state index is 0.561. The lowest BCUT2D eigenvalue weighted by Gasteiger charge is -2.13. The van der Waals surface area contributed by atoms with Crippen LogP contribution in [-0.2, 0) is 0 Å². The largest absolute Gasteiger partial charge is 0.497 e. The van der Waals surface area contributed by atoms with Gasteiger partial charge < -0.3 is 20.1 Å². The summed E-state index contributed by atoms with van der Waals surface area (Å²) in [5, 5.41) is 6.16. The van der Waals surface area contributed by atoms with Crippen molar-refractivity contribution in [3.63, 3.8) is 0 Å². The van der Waals surface area contributed by atoms with Crippen molar-refractivity contribution in [3.8, 4) is 11.5 Å². The Bertz CT molecular complexity index is 602. The molecule has 0 amide bonds. The third-order valence-corrected chi connectivity index (χ3v) is 2.86. The van der Waals surface area contributed by atoms with Crippen LogP contribution in [0.3, 0.4) is 0 Å². The van der Waals surface area contributed by atoms with E-state index in [1.165, 1.54) is 0 Å². The molecule has 1 aromatic carbocycles. The van der Waals surface area contributed by atoms with Gasteiger partial charge in [0.1, 0.15) is 17.3 Å². The van der Waals surface area contributed by atoms with E-state index in [0.717, 1.165) is 22.8 Å². The quantitative estimate of drug-likeness (QED) is 0.873. The number of rotatable bonds is 5. The third-order valence-electron chi connectivity index (χ3n) is 2.86. The van der Waals surface area contributed by atoms with Crippen LogP contribution >= 0.6 is 0 Å². The molecule has 0 bridgehead atoms. The predicted molar refractivity (Wildman–Crippen MR) is 79.1 cm³/mol. The van der Waals surface area contributed by atoms with Gasteiger partial charge in [0.25, 0.3) is 0 Å². The maximum atomic E-state index is 5.35. The first-order valence-electron chi connectivity index (χ1n) is 6.18. The highest BCUT2D eigenvalue weighted by molar-refractivity contribution is 5.67. The Morgan fingerprint density at radius 3 is 2.60 bits per heavy atom. The summed E-state index contributed by atoms with van der Waals surface area (Å²) in [6, 6.07) is 5.57. The van der Waals surface area contributed by atoms with Gasteiger partial charge in [-0.1, -0.05) is 0 Å². The Hall–Kier alpha value is -2.50. The van der Waals surface area contributed by atoms with Gasteiger partial charge in [-0.25, -0.2) is 4.98 Å². The summed E-state index contributed by atoms with van der Waals surface area (Å²) in [5.74, 6) is 2.72. The molecular formula is C14H18N4O2. The van der Waals surface area contributed by atoms with Crippen LogP contribution in [0.25, 0.3) is 0 Å². The van der Waals surface area contributed by atoms with Crippen LogP contribution in [0.5, 0.6) is 11.5 Å². The van der Waals surface area contributed by atoms with Crippen molar-refractivity contribution in [2.24, 2.45) is 0 Å². The Labute approximate surface area is 118 Å². The van der Waals surface area contributed by atoms with Crippen LogP contribution in [0, 0.1) is 6.92 Å². The average molecular weight is 274 g/mol. The standard InChI is InChI=1S/C14H18N4O2/c1-9-8-16-14(15-2)18-13(9)17-11-6-5-10(19-3)7-12(11)20-4/h5-8H,1-4H3,(H2,15,16,17,18). The first-order valence-corrected chi connectivity index (χ1v) is 6.18. The topological polar surface area (TPSA) is 68.3 Å². The smallest absolute Gasteiger partial charge is 0.224 e. The van der Waals surface area contributed by atoms with Gasteiger partial charge in [-0.2, -0.15) is 4.98 Å². The molecule has 2 rings (SSSR count). The van der Waals surface area contributed by atoms with Crippen molar-refractivity contribution in [1.82, 2.24) is 9.97 Å². The van der Waals surface area contributed by atoms with Crippen LogP contribution in [0.15, 0.2) is 24.4 Å². The average Bonchev–Trinajstić information content (AvgIpc) is 2.49. The van der Waals surface area contributed by atoms with Gasteiger partial charge in [0, 0.05) is 24.9 Å². The number of hydrogen-bond donors (Lipinski definition) is 2. The second kappa shape index (κ2) is 6.10. The highest BCUT2D eigenvalue weighted by Crippen LogP contribution is 2.31. The lowest BCUT2D eigenvalue weighted by molar-refractivity contribution is 0.395. The second-order valence-corrected chi connectivity index (χ2v) is 4.17. The van der Waals surface area contributed by atoms with E-state index >= 15 is 0 Å². The van der Waals surface area contributed by atoms with E-state index < -0.39 is 0 Å². The van der Waals surface area contributed by atoms with Crippen LogP contribution in [0.1, 0.15) is 5.56 Å². The Kier molecular flexibility index (Phi) is 4.24. The zero-order valence-corrected chi connectivity index (χ0v) is 12.0. The van der Waals surface area contributed by atoms with Crippen LogP contribution < -0.4 is 20.1 Å². The first kappa shape index (κ1) is 13.9. The van der Waals surface area contributed by atoms with Gasteiger partial charge >= 0.3 is 0 Å². The molecule has 2 N–H and O–H groups in total. The van der Waals surface area contributed by atoms with E-state index in [0.29, 0.717) is 11.7 Å². The lowest BCUT2D eigenvalue weighted by Crippen LogP contribution is -2.03. The zero-order valence-electron chi connectivity index (χ0n) is 12.0. The lowest BCUT2D eigenvalue weighted by atomic mass is 10.2. The fourth-order valence-electron chi connectivity index (χ4n) is 1.72. The molecule has 0 atom stereocenters. The molecule has 0 aliphatic heterocycles. The first-order chi connectivity index (χ1) is 9.67. The zero-order chi connectivity index (χ0) is 14.5. The van der Waals surface area contributed by atoms with E-state index in [4.69, 9.17) is 9.47 Å². The molecule has 0 radical (unpaired) electrons. The summed E-state index contributed by atoms with van der Waals surface area (Å²) < 4.78 is 10.5. The summed E-state index contributed by atoms with van der Waals surface area (Å²) in [6.07, 6.45) is 1.76. The van der Waals surface area contributed by atoms with E-state index in [9.17, 15) is 0 Å². The van der Waals surface area contributed by atoms with Crippen molar-refractivity contribution in [2.75, 3.05) is 31.9 Å². The van der Waals surface area contributed by atoms with Gasteiger partial charge in [0.15, 0.2) is 0 Å². The number of nitrogens with zero attached hydrogens (tertiary/aromatic N) is 2. The minimum Gasteiger partial charge on any atom is -0.497 e. The number of aryl methyl sites for hydroxylation is 1. The molecule has 0 spiro atoms. The minimum atomic E-state index is 0.561. The highest BCUT2D eigenvalue weighted by atomic mass is 16.5. The molecule has 1 aromatic heterocycles. The molecule has 6 nitrogen and oxygen atoms in total. The van der Waals surface area contributed by atoms with Crippen molar-refractivity contribution < 1.29 is 9.47 Å². The van der Waals surface area contributed by atoms with Gasteiger partial charge in [-0.3, -0.25) is 0 Å². The van der Waals surface area contributed by atoms with Gasteiger partial charge in [-0.15, -0.1) is 0 Å². The number of aromatic nitrogens is 2. The molecule has 0 fully saturated rings. The van der Waals surface area contributed by atoms with Gasteiger partial charge in [-0.05, 0) is 19.1 Å². The van der Waals surface area contributed by atoms with Crippen molar-refractivity contribution in [1.29, 1.82) is 0 Å². The fourth-order valence-corrected chi connectivity index (χ4v) is 1.72. The molecule has 0 saturated heterocycles. The fraction of sp³-hybridized carbons (Fsp3) is 0.286. The van der Waals surface area contributed by atoms with Crippen molar-refractivity contribution in [3.05, 3.63) is 30.0 Å². The third kappa shape index (κ3) is 2.90. The molecule has 106 valence electrons. The monoisotopic (exact) mass is 274 g/mol. The maximum Gasteiger partial charge on any atom is 0.224 e. The molecule has 20 heavy (non-hydrogen) atoms. The normalized spacial score (nSPS) is 10.0. The Morgan fingerprint density at radius 2 is 1.95 bits per heavy atom. The Balaban J connectivity index is 2.34. The predicted octanol–water partition coefficient (Wildman–Crippen LogP) is 2.59. The number of anilines is 3. The van der Waals surface area contributed by atoms with E-state index in [-0.39, 0.29) is 0 Å². The second-order valence-electron chi connectivity index (χ2n) is 4.17. The summed E-state index contributed by atoms with van der Waals surface area (Å²) in [6.45, 7) is 1.94. The van der Waals surface area contributed by atoms with E-state index in [2.05, 4.69) is 20.6 Å². The molecule has 0 aliphatic rings. The SMILES string of the molecule is CNc1ncc(C)c(Nc2ccc(OC)cc2OC)n1. The van der Waals surface area contributed by atoms with Crippen molar-refractivity contribution >= 4 is 17.5 Å². The number of methoxy groups -OCH3 is 2. The van der Waals surface area contributed by atoms with E-state index in [1.54, 1.807) is 27.5 Å². The molecular weight excluding hydrogens is 256 g/mol. The molecule has 6 heteroatoms. The number of benzene rings is 1. The molecule has 0 saturated carbocycles. The molecule has 2 aromatic rings. The Morgan fingerprint density at radius 1 is 1.15 bits per heavy atom. The van der Waals surface area contributed by atoms with Crippen LogP contribution in [0.2, 0.25) is 0 Å². The number of ether oxygens (including phenoxy) is 2. The van der Waals surface area contributed by atoms with Crippen LogP contribution in [0.4, 0.5) is 17.5 Å². The molecule has 1 heterocycles. The summed E-state index contributed by atoms with van der Waals surface area (Å²) >= 11 is 0. The number of hydrogen-bond acceptors (Lipinski definition) is 6. The summed E-state index contributed by atoms with van der Waals surface area (Å²) in [7, 11) is 5.02.